The van der Waals surface area contributed by atoms with Crippen molar-refractivity contribution in [2.24, 2.45) is 0 Å². The molecule has 0 aromatic heterocycles. The Hall–Kier alpha value is -3.20. The first-order valence-corrected chi connectivity index (χ1v) is 8.33. The van der Waals surface area contributed by atoms with Crippen molar-refractivity contribution in [1.82, 2.24) is 0 Å². The fourth-order valence-corrected chi connectivity index (χ4v) is 2.42. The van der Waals surface area contributed by atoms with E-state index < -0.39 is 29.0 Å². The molecule has 2 amide bonds. The Kier molecular flexibility index (Phi) is 6.89. The number of hydrogen-bond donors (Lipinski definition) is 3. The molecule has 9 heteroatoms. The highest BCUT2D eigenvalue weighted by Crippen LogP contribution is 2.19. The highest BCUT2D eigenvalue weighted by atomic mass is 19.2. The number of Topliss-reactive ketones (excluding diaryl/α,β-unsaturated/α-hetero) is 1. The van der Waals surface area contributed by atoms with E-state index in [-0.39, 0.29) is 24.8 Å². The third-order valence-electron chi connectivity index (χ3n) is 3.81. The molecule has 0 aliphatic rings. The Morgan fingerprint density at radius 1 is 0.857 bits per heavy atom. The van der Waals surface area contributed by atoms with Crippen LogP contribution in [0.4, 0.5) is 24.5 Å². The average Bonchev–Trinajstić information content (AvgIpc) is 2.62. The van der Waals surface area contributed by atoms with E-state index in [0.29, 0.717) is 22.2 Å². The molecule has 0 spiro atoms. The van der Waals surface area contributed by atoms with Gasteiger partial charge in [-0.15, -0.1) is 0 Å². The quantitative estimate of drug-likeness (QED) is 0.491. The van der Waals surface area contributed by atoms with Crippen LogP contribution in [-0.4, -0.2) is 37.7 Å². The average molecular weight is 394 g/mol. The highest BCUT2D eigenvalue weighted by molar-refractivity contribution is 5.96. The number of likely N-dealkylation sites (N-methyl/N-ethyl adjacent to an activating group) is 1. The van der Waals surface area contributed by atoms with Crippen LogP contribution in [0, 0.1) is 17.5 Å². The van der Waals surface area contributed by atoms with Crippen molar-refractivity contribution >= 4 is 29.0 Å². The van der Waals surface area contributed by atoms with Gasteiger partial charge in [0.2, 0.25) is 0 Å². The Morgan fingerprint density at radius 2 is 1.43 bits per heavy atom. The van der Waals surface area contributed by atoms with Gasteiger partial charge in [-0.3, -0.25) is 14.4 Å². The molecular weight excluding hydrogens is 375 g/mol. The minimum Gasteiger partial charge on any atom is -0.322 e. The van der Waals surface area contributed by atoms with E-state index in [1.165, 1.54) is 6.92 Å². The number of anilines is 2. The van der Waals surface area contributed by atoms with Crippen LogP contribution in [-0.2, 0) is 9.59 Å². The van der Waals surface area contributed by atoms with Gasteiger partial charge in [-0.2, -0.15) is 0 Å². The van der Waals surface area contributed by atoms with E-state index in [9.17, 15) is 27.6 Å². The summed E-state index contributed by atoms with van der Waals surface area (Å²) in [5.74, 6) is -5.65. The molecule has 0 radical (unpaired) electrons. The topological polar surface area (TPSA) is 79.7 Å². The maximum absolute atomic E-state index is 13.6. The second kappa shape index (κ2) is 9.14. The van der Waals surface area contributed by atoms with Gasteiger partial charge in [0.25, 0.3) is 11.8 Å². The second-order valence-corrected chi connectivity index (χ2v) is 6.26. The van der Waals surface area contributed by atoms with Crippen LogP contribution in [0.2, 0.25) is 0 Å². The lowest BCUT2D eigenvalue weighted by molar-refractivity contribution is -0.862. The Bertz CT molecular complexity index is 901. The predicted molar refractivity (Wildman–Crippen MR) is 96.6 cm³/mol. The highest BCUT2D eigenvalue weighted by Gasteiger charge is 2.18. The van der Waals surface area contributed by atoms with Gasteiger partial charge in [0.05, 0.1) is 12.7 Å². The number of amides is 2. The van der Waals surface area contributed by atoms with Crippen LogP contribution in [0.1, 0.15) is 17.3 Å². The summed E-state index contributed by atoms with van der Waals surface area (Å²) in [7, 11) is 1.57. The number of halogens is 3. The summed E-state index contributed by atoms with van der Waals surface area (Å²) < 4.78 is 39.6. The first kappa shape index (κ1) is 21.1. The number of carbonyl (C=O) groups excluding carboxylic acids is 3. The zero-order valence-electron chi connectivity index (χ0n) is 15.2. The van der Waals surface area contributed by atoms with E-state index in [2.05, 4.69) is 10.6 Å². The molecule has 0 saturated heterocycles. The number of benzene rings is 2. The lowest BCUT2D eigenvalue weighted by atomic mass is 10.1. The molecule has 0 saturated carbocycles. The number of carbonyl (C=O) groups is 3. The van der Waals surface area contributed by atoms with E-state index >= 15 is 0 Å². The largest absolute Gasteiger partial charge is 0.322 e. The van der Waals surface area contributed by atoms with E-state index in [4.69, 9.17) is 0 Å². The maximum atomic E-state index is 13.6. The summed E-state index contributed by atoms with van der Waals surface area (Å²) in [4.78, 5) is 35.7. The van der Waals surface area contributed by atoms with Crippen molar-refractivity contribution < 1.29 is 32.5 Å². The molecule has 6 nitrogen and oxygen atoms in total. The minimum absolute atomic E-state index is 0.0673. The monoisotopic (exact) mass is 394 g/mol. The normalized spacial score (nSPS) is 11.6. The van der Waals surface area contributed by atoms with Crippen molar-refractivity contribution in [3.05, 3.63) is 59.4 Å². The third kappa shape index (κ3) is 5.65. The molecule has 1 unspecified atom stereocenters. The molecular formula is C19H19F3N3O3+. The molecule has 2 aromatic rings. The van der Waals surface area contributed by atoms with Crippen molar-refractivity contribution in [1.29, 1.82) is 0 Å². The molecule has 0 aliphatic carbocycles. The fraction of sp³-hybridized carbons (Fsp3) is 0.211. The lowest BCUT2D eigenvalue weighted by Gasteiger charge is -2.14. The molecule has 1 atom stereocenters. The molecule has 148 valence electrons. The summed E-state index contributed by atoms with van der Waals surface area (Å²) in [5, 5.41) is 4.77. The van der Waals surface area contributed by atoms with E-state index in [1.807, 2.05) is 0 Å². The first-order chi connectivity index (χ1) is 13.2. The third-order valence-corrected chi connectivity index (χ3v) is 3.81. The Labute approximate surface area is 159 Å². The van der Waals surface area contributed by atoms with E-state index in [1.54, 1.807) is 31.3 Å². The summed E-state index contributed by atoms with van der Waals surface area (Å²) in [6.45, 7) is 1.17. The summed E-state index contributed by atoms with van der Waals surface area (Å²) >= 11 is 0. The number of quaternary nitrogens is 1. The van der Waals surface area contributed by atoms with Gasteiger partial charge in [0.1, 0.15) is 0 Å². The van der Waals surface area contributed by atoms with Crippen LogP contribution >= 0.6 is 0 Å². The molecule has 2 aromatic carbocycles. The van der Waals surface area contributed by atoms with Crippen LogP contribution in [0.15, 0.2) is 36.4 Å². The molecule has 0 bridgehead atoms. The second-order valence-electron chi connectivity index (χ2n) is 6.26. The van der Waals surface area contributed by atoms with Gasteiger partial charge in [-0.1, -0.05) is 0 Å². The van der Waals surface area contributed by atoms with Gasteiger partial charge in [-0.25, -0.2) is 13.2 Å². The minimum atomic E-state index is -1.67. The van der Waals surface area contributed by atoms with Crippen molar-refractivity contribution in [3.8, 4) is 0 Å². The van der Waals surface area contributed by atoms with E-state index in [0.717, 1.165) is 6.07 Å². The lowest BCUT2D eigenvalue weighted by Crippen LogP contribution is -3.11. The zero-order chi connectivity index (χ0) is 20.8. The number of ketones is 1. The molecule has 0 fully saturated rings. The predicted octanol–water partition coefficient (Wildman–Crippen LogP) is 1.40. The van der Waals surface area contributed by atoms with Crippen LogP contribution < -0.4 is 15.5 Å². The first-order valence-electron chi connectivity index (χ1n) is 8.33. The Balaban J connectivity index is 1.86. The molecule has 2 rings (SSSR count). The van der Waals surface area contributed by atoms with Crippen molar-refractivity contribution in [3.63, 3.8) is 0 Å². The Morgan fingerprint density at radius 3 is 2.00 bits per heavy atom. The zero-order valence-corrected chi connectivity index (χ0v) is 15.2. The van der Waals surface area contributed by atoms with Gasteiger partial charge in [0.15, 0.2) is 36.3 Å². The van der Waals surface area contributed by atoms with Gasteiger partial charge < -0.3 is 15.5 Å². The standard InChI is InChI=1S/C19H18F3N3O3/c1-11(26)12-3-5-13(6-4-12)23-16(27)9-25(2)10-17(28)24-15-8-7-14(20)18(21)19(15)22/h3-8H,9-10H2,1-2H3,(H,23,27)(H,24,28)/p+1. The smallest absolute Gasteiger partial charge is 0.279 e. The molecule has 28 heavy (non-hydrogen) atoms. The van der Waals surface area contributed by atoms with Crippen molar-refractivity contribution in [2.45, 2.75) is 6.92 Å². The number of nitrogens with one attached hydrogen (secondary N) is 3. The van der Waals surface area contributed by atoms with Crippen LogP contribution in [0.3, 0.4) is 0 Å². The SMILES string of the molecule is CC(=O)c1ccc(NC(=O)C[NH+](C)CC(=O)Nc2ccc(F)c(F)c2F)cc1. The van der Waals surface area contributed by atoms with Gasteiger partial charge in [0, 0.05) is 11.3 Å². The summed E-state index contributed by atoms with van der Waals surface area (Å²) in [6, 6.07) is 7.95. The number of hydrogen-bond acceptors (Lipinski definition) is 3. The number of rotatable bonds is 7. The van der Waals surface area contributed by atoms with Gasteiger partial charge in [-0.05, 0) is 43.3 Å². The fourth-order valence-electron chi connectivity index (χ4n) is 2.42. The molecule has 0 heterocycles. The van der Waals surface area contributed by atoms with Crippen molar-refractivity contribution in [2.75, 3.05) is 30.8 Å². The van der Waals surface area contributed by atoms with Crippen LogP contribution in [0.5, 0.6) is 0 Å². The maximum Gasteiger partial charge on any atom is 0.279 e. The van der Waals surface area contributed by atoms with Crippen LogP contribution in [0.25, 0.3) is 0 Å². The molecule has 0 aliphatic heterocycles. The summed E-state index contributed by atoms with van der Waals surface area (Å²) in [5.41, 5.74) is 0.532. The summed E-state index contributed by atoms with van der Waals surface area (Å²) in [6.07, 6.45) is 0. The van der Waals surface area contributed by atoms with Gasteiger partial charge >= 0.3 is 0 Å². The molecule has 3 N–H and O–H groups in total.